The molecule has 1 heterocycles. The molecule has 3 rings (SSSR count). The minimum absolute atomic E-state index is 0.123. The quantitative estimate of drug-likeness (QED) is 0.507. The average molecular weight is 442 g/mol. The minimum Gasteiger partial charge on any atom is -0.493 e. The maximum absolute atomic E-state index is 11.6. The van der Waals surface area contributed by atoms with Crippen LogP contribution in [0.2, 0.25) is 0 Å². The molecule has 1 aliphatic rings. The SMILES string of the molecule is CC(=O)N[C@](C)(CCc1ccc(-c2ccc(OCC3CCCCC3)cc2)o1)COC(C)=O. The van der Waals surface area contributed by atoms with E-state index in [2.05, 4.69) is 5.32 Å². The first-order chi connectivity index (χ1) is 15.3. The second kappa shape index (κ2) is 11.2. The molecule has 1 amide bonds. The van der Waals surface area contributed by atoms with Gasteiger partial charge in [0.15, 0.2) is 0 Å². The Bertz CT molecular complexity index is 882. The van der Waals surface area contributed by atoms with Crippen molar-refractivity contribution in [2.45, 2.75) is 71.3 Å². The molecule has 1 aromatic heterocycles. The largest absolute Gasteiger partial charge is 0.493 e. The van der Waals surface area contributed by atoms with Gasteiger partial charge in [-0.3, -0.25) is 9.59 Å². The molecule has 174 valence electrons. The molecule has 6 heteroatoms. The highest BCUT2D eigenvalue weighted by Gasteiger charge is 2.27. The molecule has 6 nitrogen and oxygen atoms in total. The molecule has 0 radical (unpaired) electrons. The summed E-state index contributed by atoms with van der Waals surface area (Å²) < 4.78 is 17.2. The zero-order chi connectivity index (χ0) is 23.0. The molecule has 0 unspecified atom stereocenters. The van der Waals surface area contributed by atoms with Gasteiger partial charge in [-0.2, -0.15) is 0 Å². The van der Waals surface area contributed by atoms with Crippen LogP contribution < -0.4 is 10.1 Å². The van der Waals surface area contributed by atoms with E-state index in [1.54, 1.807) is 0 Å². The van der Waals surface area contributed by atoms with Crippen LogP contribution in [0.25, 0.3) is 11.3 Å². The number of benzene rings is 1. The molecule has 1 atom stereocenters. The van der Waals surface area contributed by atoms with Crippen molar-refractivity contribution in [1.29, 1.82) is 0 Å². The standard InChI is InChI=1S/C26H35NO5/c1-19(28)27-26(3,18-31-20(2)29)16-15-24-13-14-25(32-24)22-9-11-23(12-10-22)30-17-21-7-5-4-6-8-21/h9-14,21H,4-8,15-18H2,1-3H3,(H,27,28)/t26-/m1/s1. The zero-order valence-electron chi connectivity index (χ0n) is 19.4. The fraction of sp³-hybridized carbons (Fsp3) is 0.538. The van der Waals surface area contributed by atoms with E-state index in [4.69, 9.17) is 13.9 Å². The highest BCUT2D eigenvalue weighted by molar-refractivity contribution is 5.74. The summed E-state index contributed by atoms with van der Waals surface area (Å²) in [4.78, 5) is 22.8. The van der Waals surface area contributed by atoms with Crippen LogP contribution in [-0.2, 0) is 20.7 Å². The Labute approximate surface area is 190 Å². The van der Waals surface area contributed by atoms with Gasteiger partial charge in [-0.05, 0) is 68.5 Å². The lowest BCUT2D eigenvalue weighted by Crippen LogP contribution is -2.49. The van der Waals surface area contributed by atoms with Gasteiger partial charge in [0.25, 0.3) is 0 Å². The number of carbonyl (C=O) groups is 2. The van der Waals surface area contributed by atoms with Gasteiger partial charge < -0.3 is 19.2 Å². The van der Waals surface area contributed by atoms with Crippen LogP contribution >= 0.6 is 0 Å². The van der Waals surface area contributed by atoms with E-state index in [1.807, 2.05) is 43.3 Å². The third-order valence-electron chi connectivity index (χ3n) is 6.01. The maximum atomic E-state index is 11.6. The predicted molar refractivity (Wildman–Crippen MR) is 123 cm³/mol. The molecule has 0 bridgehead atoms. The molecular weight excluding hydrogens is 406 g/mol. The average Bonchev–Trinajstić information content (AvgIpc) is 3.25. The normalized spacial score (nSPS) is 16.2. The molecule has 2 aromatic rings. The monoisotopic (exact) mass is 441 g/mol. The summed E-state index contributed by atoms with van der Waals surface area (Å²) in [7, 11) is 0. The van der Waals surface area contributed by atoms with Gasteiger partial charge in [0, 0.05) is 25.8 Å². The molecule has 32 heavy (non-hydrogen) atoms. The lowest BCUT2D eigenvalue weighted by molar-refractivity contribution is -0.144. The molecule has 0 spiro atoms. The second-order valence-electron chi connectivity index (χ2n) is 9.13. The minimum atomic E-state index is -0.651. The summed E-state index contributed by atoms with van der Waals surface area (Å²) in [6, 6.07) is 11.9. The Morgan fingerprint density at radius 3 is 2.44 bits per heavy atom. The summed E-state index contributed by atoms with van der Waals surface area (Å²) in [6.45, 7) is 5.61. The first-order valence-corrected chi connectivity index (χ1v) is 11.6. The van der Waals surface area contributed by atoms with E-state index in [1.165, 1.54) is 46.0 Å². The predicted octanol–water partition coefficient (Wildman–Crippen LogP) is 5.30. The molecule has 1 fully saturated rings. The molecule has 1 N–H and O–H groups in total. The van der Waals surface area contributed by atoms with Gasteiger partial charge in [-0.1, -0.05) is 19.3 Å². The fourth-order valence-corrected chi connectivity index (χ4v) is 4.21. The van der Waals surface area contributed by atoms with E-state index in [9.17, 15) is 9.59 Å². The molecule has 0 aliphatic heterocycles. The Morgan fingerprint density at radius 1 is 1.06 bits per heavy atom. The van der Waals surface area contributed by atoms with E-state index in [0.29, 0.717) is 18.8 Å². The maximum Gasteiger partial charge on any atom is 0.302 e. The number of furan rings is 1. The molecule has 1 saturated carbocycles. The zero-order valence-corrected chi connectivity index (χ0v) is 19.4. The van der Waals surface area contributed by atoms with Crippen molar-refractivity contribution in [1.82, 2.24) is 5.32 Å². The first-order valence-electron chi connectivity index (χ1n) is 11.6. The van der Waals surface area contributed by atoms with Crippen molar-refractivity contribution in [3.63, 3.8) is 0 Å². The van der Waals surface area contributed by atoms with E-state index in [0.717, 1.165) is 29.4 Å². The van der Waals surface area contributed by atoms with Crippen LogP contribution in [0.5, 0.6) is 5.75 Å². The third-order valence-corrected chi connectivity index (χ3v) is 6.01. The van der Waals surface area contributed by atoms with Gasteiger partial charge in [0.1, 0.15) is 23.9 Å². The summed E-state index contributed by atoms with van der Waals surface area (Å²) in [6.07, 6.45) is 7.74. The fourth-order valence-electron chi connectivity index (χ4n) is 4.21. The number of amides is 1. The Morgan fingerprint density at radius 2 is 1.78 bits per heavy atom. The van der Waals surface area contributed by atoms with Crippen molar-refractivity contribution in [3.05, 3.63) is 42.2 Å². The number of hydrogen-bond acceptors (Lipinski definition) is 5. The van der Waals surface area contributed by atoms with Crippen LogP contribution in [0.4, 0.5) is 0 Å². The van der Waals surface area contributed by atoms with Gasteiger partial charge in [-0.25, -0.2) is 0 Å². The van der Waals surface area contributed by atoms with Crippen LogP contribution in [0.15, 0.2) is 40.8 Å². The van der Waals surface area contributed by atoms with Gasteiger partial charge >= 0.3 is 5.97 Å². The van der Waals surface area contributed by atoms with Crippen molar-refractivity contribution < 1.29 is 23.5 Å². The number of nitrogens with one attached hydrogen (secondary N) is 1. The Kier molecular flexibility index (Phi) is 8.37. The second-order valence-corrected chi connectivity index (χ2v) is 9.13. The molecule has 0 saturated heterocycles. The van der Waals surface area contributed by atoms with Gasteiger partial charge in [0.05, 0.1) is 12.1 Å². The van der Waals surface area contributed by atoms with Crippen LogP contribution in [-0.4, -0.2) is 30.6 Å². The van der Waals surface area contributed by atoms with Crippen molar-refractivity contribution >= 4 is 11.9 Å². The summed E-state index contributed by atoms with van der Waals surface area (Å²) in [5.74, 6) is 2.65. The Hall–Kier alpha value is -2.76. The number of ether oxygens (including phenoxy) is 2. The van der Waals surface area contributed by atoms with Crippen LogP contribution in [0.3, 0.4) is 0 Å². The lowest BCUT2D eigenvalue weighted by atomic mass is 9.90. The van der Waals surface area contributed by atoms with Gasteiger partial charge in [0.2, 0.25) is 5.91 Å². The number of carbonyl (C=O) groups excluding carboxylic acids is 2. The topological polar surface area (TPSA) is 77.8 Å². The summed E-state index contributed by atoms with van der Waals surface area (Å²) in [5.41, 5.74) is 0.340. The van der Waals surface area contributed by atoms with E-state index < -0.39 is 5.54 Å². The molecular formula is C26H35NO5. The van der Waals surface area contributed by atoms with Gasteiger partial charge in [-0.15, -0.1) is 0 Å². The summed E-state index contributed by atoms with van der Waals surface area (Å²) in [5, 5.41) is 2.89. The highest BCUT2D eigenvalue weighted by Crippen LogP contribution is 2.28. The smallest absolute Gasteiger partial charge is 0.302 e. The van der Waals surface area contributed by atoms with Crippen molar-refractivity contribution in [2.24, 2.45) is 5.92 Å². The lowest BCUT2D eigenvalue weighted by Gasteiger charge is -2.29. The van der Waals surface area contributed by atoms with Crippen LogP contribution in [0, 0.1) is 5.92 Å². The first kappa shape index (κ1) is 23.9. The van der Waals surface area contributed by atoms with Crippen LogP contribution in [0.1, 0.15) is 65.1 Å². The summed E-state index contributed by atoms with van der Waals surface area (Å²) >= 11 is 0. The number of rotatable bonds is 10. The van der Waals surface area contributed by atoms with Crippen molar-refractivity contribution in [3.8, 4) is 17.1 Å². The molecule has 1 aromatic carbocycles. The van der Waals surface area contributed by atoms with E-state index in [-0.39, 0.29) is 18.5 Å². The van der Waals surface area contributed by atoms with Crippen molar-refractivity contribution in [2.75, 3.05) is 13.2 Å². The Balaban J connectivity index is 1.54. The third kappa shape index (κ3) is 7.43. The number of aryl methyl sites for hydroxylation is 1. The number of esters is 1. The molecule has 1 aliphatic carbocycles. The highest BCUT2D eigenvalue weighted by atomic mass is 16.5. The number of hydrogen-bond donors (Lipinski definition) is 1. The van der Waals surface area contributed by atoms with E-state index >= 15 is 0 Å².